The molecule has 0 bridgehead atoms. The van der Waals surface area contributed by atoms with Gasteiger partial charge in [0.2, 0.25) is 6.10 Å². The monoisotopic (exact) mass is 395 g/mol. The lowest BCUT2D eigenvalue weighted by atomic mass is 10.0. The van der Waals surface area contributed by atoms with Crippen molar-refractivity contribution in [1.82, 2.24) is 4.90 Å². The summed E-state index contributed by atoms with van der Waals surface area (Å²) < 4.78 is 82.6. The maximum absolute atomic E-state index is 13.6. The number of rotatable bonds is 4. The van der Waals surface area contributed by atoms with Crippen LogP contribution in [-0.4, -0.2) is 61.8 Å². The summed E-state index contributed by atoms with van der Waals surface area (Å²) in [6.45, 7) is 0.742. The molecule has 2 fully saturated rings. The Hall–Kier alpha value is -1.78. The predicted molar refractivity (Wildman–Crippen MR) is 81.9 cm³/mol. The van der Waals surface area contributed by atoms with E-state index in [4.69, 9.17) is 9.47 Å². The average Bonchev–Trinajstić information content (AvgIpc) is 3.03. The zero-order chi connectivity index (χ0) is 19.7. The van der Waals surface area contributed by atoms with Gasteiger partial charge >= 0.3 is 12.1 Å². The van der Waals surface area contributed by atoms with E-state index in [0.717, 1.165) is 18.2 Å². The van der Waals surface area contributed by atoms with Gasteiger partial charge in [-0.15, -0.1) is 0 Å². The average molecular weight is 395 g/mol. The first-order valence-corrected chi connectivity index (χ1v) is 8.42. The molecule has 1 aromatic rings. The number of ether oxygens (including phenoxy) is 3. The third-order valence-electron chi connectivity index (χ3n) is 4.64. The van der Waals surface area contributed by atoms with E-state index in [0.29, 0.717) is 26.1 Å². The topological polar surface area (TPSA) is 48.0 Å². The molecule has 2 heterocycles. The van der Waals surface area contributed by atoms with E-state index in [1.165, 1.54) is 4.90 Å². The molecule has 0 amide bonds. The lowest BCUT2D eigenvalue weighted by Gasteiger charge is -2.38. The van der Waals surface area contributed by atoms with E-state index in [1.54, 1.807) is 0 Å². The Kier molecular flexibility index (Phi) is 5.68. The van der Waals surface area contributed by atoms with E-state index in [2.05, 4.69) is 4.74 Å². The third-order valence-corrected chi connectivity index (χ3v) is 4.64. The van der Waals surface area contributed by atoms with Gasteiger partial charge in [-0.05, 0) is 12.1 Å². The summed E-state index contributed by atoms with van der Waals surface area (Å²) in [7, 11) is 0. The van der Waals surface area contributed by atoms with Gasteiger partial charge in [-0.1, -0.05) is 6.07 Å². The molecule has 2 saturated heterocycles. The van der Waals surface area contributed by atoms with Gasteiger partial charge in [-0.2, -0.15) is 13.2 Å². The minimum absolute atomic E-state index is 0.248. The molecular formula is C17H18F5NO4. The number of carbonyl (C=O) groups is 1. The Bertz CT molecular complexity index is 660. The summed E-state index contributed by atoms with van der Waals surface area (Å²) in [6.07, 6.45) is -6.63. The fourth-order valence-corrected chi connectivity index (χ4v) is 3.19. The second-order valence-corrected chi connectivity index (χ2v) is 6.44. The number of benzene rings is 1. The van der Waals surface area contributed by atoms with Crippen LogP contribution < -0.4 is 0 Å². The number of likely N-dealkylation sites (tertiary alicyclic amines) is 1. The maximum Gasteiger partial charge on any atom is 0.426 e. The fourth-order valence-electron chi connectivity index (χ4n) is 3.19. The van der Waals surface area contributed by atoms with E-state index in [1.807, 2.05) is 0 Å². The predicted octanol–water partition coefficient (Wildman–Crippen LogP) is 2.89. The van der Waals surface area contributed by atoms with Crippen molar-refractivity contribution in [1.29, 1.82) is 0 Å². The van der Waals surface area contributed by atoms with Crippen molar-refractivity contribution < 1.29 is 41.0 Å². The largest absolute Gasteiger partial charge is 0.448 e. The standard InChI is InChI=1S/C17H18F5NO4/c18-11-2-1-3-12(19)14(11)15(24)27-13(17(20,21)22)10-23-6-4-16(5-7-23)25-8-9-26-16/h1-3,13H,4-10H2/t13-/m1/s1. The number of halogens is 5. The number of hydrogen-bond donors (Lipinski definition) is 0. The molecule has 10 heteroatoms. The highest BCUT2D eigenvalue weighted by Crippen LogP contribution is 2.33. The van der Waals surface area contributed by atoms with Gasteiger partial charge < -0.3 is 14.2 Å². The molecule has 1 spiro atoms. The van der Waals surface area contributed by atoms with E-state index in [9.17, 15) is 26.7 Å². The van der Waals surface area contributed by atoms with Crippen molar-refractivity contribution >= 4 is 5.97 Å². The minimum atomic E-state index is -4.88. The molecular weight excluding hydrogens is 377 g/mol. The van der Waals surface area contributed by atoms with E-state index < -0.39 is 47.8 Å². The second-order valence-electron chi connectivity index (χ2n) is 6.44. The molecule has 0 radical (unpaired) electrons. The zero-order valence-corrected chi connectivity index (χ0v) is 14.2. The molecule has 27 heavy (non-hydrogen) atoms. The van der Waals surface area contributed by atoms with Crippen LogP contribution >= 0.6 is 0 Å². The lowest BCUT2D eigenvalue weighted by molar-refractivity contribution is -0.217. The molecule has 0 aliphatic carbocycles. The summed E-state index contributed by atoms with van der Waals surface area (Å²) in [5.74, 6) is -5.01. The molecule has 1 atom stereocenters. The van der Waals surface area contributed by atoms with Crippen LogP contribution in [0.15, 0.2) is 18.2 Å². The van der Waals surface area contributed by atoms with Gasteiger partial charge in [0.05, 0.1) is 13.2 Å². The first-order valence-electron chi connectivity index (χ1n) is 8.42. The van der Waals surface area contributed by atoms with E-state index >= 15 is 0 Å². The van der Waals surface area contributed by atoms with Crippen molar-refractivity contribution in [3.05, 3.63) is 35.4 Å². The Morgan fingerprint density at radius 1 is 1.15 bits per heavy atom. The second kappa shape index (κ2) is 7.69. The summed E-state index contributed by atoms with van der Waals surface area (Å²) in [4.78, 5) is 13.4. The number of hydrogen-bond acceptors (Lipinski definition) is 5. The van der Waals surface area contributed by atoms with Crippen LogP contribution in [0.1, 0.15) is 23.2 Å². The van der Waals surface area contributed by atoms with Crippen molar-refractivity contribution in [2.75, 3.05) is 32.8 Å². The van der Waals surface area contributed by atoms with Crippen molar-refractivity contribution in [2.24, 2.45) is 0 Å². The van der Waals surface area contributed by atoms with Crippen molar-refractivity contribution in [2.45, 2.75) is 30.9 Å². The number of carbonyl (C=O) groups excluding carboxylic acids is 1. The first-order chi connectivity index (χ1) is 12.7. The maximum atomic E-state index is 13.6. The SMILES string of the molecule is O=C(O[C@H](CN1CCC2(CC1)OCCO2)C(F)(F)F)c1c(F)cccc1F. The smallest absolute Gasteiger partial charge is 0.426 e. The minimum Gasteiger partial charge on any atom is -0.448 e. The van der Waals surface area contributed by atoms with Crippen LogP contribution in [0.2, 0.25) is 0 Å². The van der Waals surface area contributed by atoms with Gasteiger partial charge in [-0.25, -0.2) is 13.6 Å². The van der Waals surface area contributed by atoms with Gasteiger partial charge in [0.15, 0.2) is 5.79 Å². The molecule has 2 aliphatic rings. The summed E-state index contributed by atoms with van der Waals surface area (Å²) >= 11 is 0. The van der Waals surface area contributed by atoms with E-state index in [-0.39, 0.29) is 13.1 Å². The van der Waals surface area contributed by atoms with Gasteiger partial charge in [0.1, 0.15) is 17.2 Å². The zero-order valence-electron chi connectivity index (χ0n) is 14.2. The Morgan fingerprint density at radius 2 is 1.70 bits per heavy atom. The summed E-state index contributed by atoms with van der Waals surface area (Å²) in [5.41, 5.74) is -1.14. The van der Waals surface area contributed by atoms with Gasteiger partial charge in [0, 0.05) is 32.5 Å². The molecule has 2 aliphatic heterocycles. The third kappa shape index (κ3) is 4.56. The lowest BCUT2D eigenvalue weighted by Crippen LogP contribution is -2.50. The first kappa shape index (κ1) is 20.0. The van der Waals surface area contributed by atoms with Crippen LogP contribution in [0.25, 0.3) is 0 Å². The number of alkyl halides is 3. The quantitative estimate of drug-likeness (QED) is 0.580. The Labute approximate surface area is 152 Å². The highest BCUT2D eigenvalue weighted by atomic mass is 19.4. The summed E-state index contributed by atoms with van der Waals surface area (Å²) in [6, 6.07) is 2.54. The normalized spacial score (nSPS) is 21.4. The molecule has 3 rings (SSSR count). The fraction of sp³-hybridized carbons (Fsp3) is 0.588. The molecule has 0 saturated carbocycles. The van der Waals surface area contributed by atoms with Crippen LogP contribution in [0, 0.1) is 11.6 Å². The number of esters is 1. The molecule has 0 N–H and O–H groups in total. The highest BCUT2D eigenvalue weighted by molar-refractivity contribution is 5.90. The van der Waals surface area contributed by atoms with Crippen LogP contribution in [0.5, 0.6) is 0 Å². The molecule has 5 nitrogen and oxygen atoms in total. The molecule has 0 unspecified atom stereocenters. The number of piperidine rings is 1. The van der Waals surface area contributed by atoms with Gasteiger partial charge in [0.25, 0.3) is 0 Å². The Balaban J connectivity index is 1.65. The molecule has 150 valence electrons. The molecule has 1 aromatic carbocycles. The van der Waals surface area contributed by atoms with Gasteiger partial charge in [-0.3, -0.25) is 4.90 Å². The van der Waals surface area contributed by atoms with Crippen molar-refractivity contribution in [3.8, 4) is 0 Å². The number of nitrogens with zero attached hydrogens (tertiary/aromatic N) is 1. The van der Waals surface area contributed by atoms with Crippen LogP contribution in [-0.2, 0) is 14.2 Å². The summed E-state index contributed by atoms with van der Waals surface area (Å²) in [5, 5.41) is 0. The highest BCUT2D eigenvalue weighted by Gasteiger charge is 2.46. The Morgan fingerprint density at radius 3 is 2.22 bits per heavy atom. The van der Waals surface area contributed by atoms with Crippen LogP contribution in [0.3, 0.4) is 0 Å². The van der Waals surface area contributed by atoms with Crippen molar-refractivity contribution in [3.63, 3.8) is 0 Å². The van der Waals surface area contributed by atoms with Crippen LogP contribution in [0.4, 0.5) is 22.0 Å². The molecule has 0 aromatic heterocycles.